The zero-order valence-electron chi connectivity index (χ0n) is 12.0. The van der Waals surface area contributed by atoms with Gasteiger partial charge in [-0.05, 0) is 36.2 Å². The summed E-state index contributed by atoms with van der Waals surface area (Å²) in [4.78, 5) is 4.63. The Morgan fingerprint density at radius 1 is 1.24 bits per heavy atom. The predicted octanol–water partition coefficient (Wildman–Crippen LogP) is 3.11. The zero-order valence-corrected chi connectivity index (χ0v) is 12.0. The number of rotatable bonds is 3. The molecule has 4 nitrogen and oxygen atoms in total. The molecule has 3 rings (SSSR count). The molecule has 0 saturated carbocycles. The quantitative estimate of drug-likeness (QED) is 0.739. The fraction of sp³-hybridized carbons (Fsp3) is 0.176. The van der Waals surface area contributed by atoms with Gasteiger partial charge in [-0.25, -0.2) is 4.98 Å². The average Bonchev–Trinajstić information content (AvgIpc) is 2.87. The van der Waals surface area contributed by atoms with Gasteiger partial charge in [-0.2, -0.15) is 5.26 Å². The molecule has 0 unspecified atom stereocenters. The van der Waals surface area contributed by atoms with Crippen LogP contribution in [-0.2, 0) is 6.42 Å². The van der Waals surface area contributed by atoms with Crippen molar-refractivity contribution in [1.29, 1.82) is 5.26 Å². The Labute approximate surface area is 123 Å². The normalized spacial score (nSPS) is 10.5. The van der Waals surface area contributed by atoms with Crippen LogP contribution in [0.5, 0.6) is 5.75 Å². The average molecular weight is 277 g/mol. The van der Waals surface area contributed by atoms with E-state index in [1.54, 1.807) is 7.11 Å². The van der Waals surface area contributed by atoms with Crippen molar-refractivity contribution in [2.45, 2.75) is 13.3 Å². The highest BCUT2D eigenvalue weighted by molar-refractivity contribution is 5.53. The Hall–Kier alpha value is -2.80. The second-order valence-corrected chi connectivity index (χ2v) is 4.93. The van der Waals surface area contributed by atoms with Crippen LogP contribution >= 0.6 is 0 Å². The van der Waals surface area contributed by atoms with E-state index in [9.17, 15) is 5.26 Å². The molecule has 0 aliphatic carbocycles. The largest absolute Gasteiger partial charge is 0.497 e. The van der Waals surface area contributed by atoms with Crippen molar-refractivity contribution in [3.8, 4) is 11.8 Å². The predicted molar refractivity (Wildman–Crippen MR) is 80.4 cm³/mol. The number of ether oxygens (including phenoxy) is 1. The maximum absolute atomic E-state index is 9.43. The van der Waals surface area contributed by atoms with Crippen LogP contribution in [0.2, 0.25) is 0 Å². The molecule has 0 aliphatic heterocycles. The third-order valence-corrected chi connectivity index (χ3v) is 3.55. The molecule has 2 aromatic heterocycles. The Kier molecular flexibility index (Phi) is 3.33. The summed E-state index contributed by atoms with van der Waals surface area (Å²) in [5, 5.41) is 9.43. The molecule has 0 aliphatic rings. The molecule has 4 heteroatoms. The van der Waals surface area contributed by atoms with Gasteiger partial charge in [0, 0.05) is 12.6 Å². The molecule has 0 amide bonds. The lowest BCUT2D eigenvalue weighted by atomic mass is 10.1. The van der Waals surface area contributed by atoms with Gasteiger partial charge in [-0.15, -0.1) is 0 Å². The second kappa shape index (κ2) is 5.29. The minimum Gasteiger partial charge on any atom is -0.497 e. The number of methoxy groups -OCH3 is 1. The molecule has 3 aromatic rings. The molecule has 0 fully saturated rings. The molecular weight excluding hydrogens is 262 g/mol. The number of imidazole rings is 1. The Balaban J connectivity index is 2.03. The van der Waals surface area contributed by atoms with E-state index < -0.39 is 0 Å². The number of fused-ring (bicyclic) bond motifs is 1. The molecule has 1 aromatic carbocycles. The summed E-state index contributed by atoms with van der Waals surface area (Å²) in [5.74, 6) is 0.824. The standard InChI is InChI=1S/C17H15N3O/c1-12-4-3-9-20-16(11-18)15(19-17(12)20)10-13-5-7-14(21-2)8-6-13/h3-9H,10H2,1-2H3. The first-order valence-electron chi connectivity index (χ1n) is 6.72. The Bertz CT molecular complexity index is 826. The van der Waals surface area contributed by atoms with Gasteiger partial charge in [-0.1, -0.05) is 18.2 Å². The monoisotopic (exact) mass is 277 g/mol. The van der Waals surface area contributed by atoms with E-state index in [1.165, 1.54) is 0 Å². The lowest BCUT2D eigenvalue weighted by Gasteiger charge is -2.02. The number of nitrogens with zero attached hydrogens (tertiary/aromatic N) is 3. The molecule has 0 N–H and O–H groups in total. The summed E-state index contributed by atoms with van der Waals surface area (Å²) >= 11 is 0. The minimum atomic E-state index is 0.601. The first kappa shape index (κ1) is 13.2. The summed E-state index contributed by atoms with van der Waals surface area (Å²) in [6.07, 6.45) is 2.51. The van der Waals surface area contributed by atoms with E-state index >= 15 is 0 Å². The lowest BCUT2D eigenvalue weighted by Crippen LogP contribution is -1.94. The van der Waals surface area contributed by atoms with Crippen LogP contribution in [0, 0.1) is 18.3 Å². The van der Waals surface area contributed by atoms with Crippen LogP contribution in [0.1, 0.15) is 22.5 Å². The van der Waals surface area contributed by atoms with Crippen molar-refractivity contribution in [2.24, 2.45) is 0 Å². The van der Waals surface area contributed by atoms with Gasteiger partial charge in [0.05, 0.1) is 12.8 Å². The van der Waals surface area contributed by atoms with E-state index in [4.69, 9.17) is 4.74 Å². The van der Waals surface area contributed by atoms with Crippen LogP contribution in [0.4, 0.5) is 0 Å². The number of hydrogen-bond acceptors (Lipinski definition) is 3. The second-order valence-electron chi connectivity index (χ2n) is 4.93. The molecule has 104 valence electrons. The van der Waals surface area contributed by atoms with Crippen molar-refractivity contribution >= 4 is 5.65 Å². The summed E-state index contributed by atoms with van der Waals surface area (Å²) in [6.45, 7) is 2.00. The number of pyridine rings is 1. The van der Waals surface area contributed by atoms with Crippen molar-refractivity contribution in [3.63, 3.8) is 0 Å². The first-order valence-corrected chi connectivity index (χ1v) is 6.72. The van der Waals surface area contributed by atoms with E-state index in [-0.39, 0.29) is 0 Å². The van der Waals surface area contributed by atoms with Gasteiger partial charge in [0.25, 0.3) is 0 Å². The molecule has 0 atom stereocenters. The topological polar surface area (TPSA) is 50.3 Å². The van der Waals surface area contributed by atoms with Crippen molar-refractivity contribution < 1.29 is 4.74 Å². The highest BCUT2D eigenvalue weighted by Gasteiger charge is 2.13. The zero-order chi connectivity index (χ0) is 14.8. The van der Waals surface area contributed by atoms with Crippen LogP contribution in [0.3, 0.4) is 0 Å². The number of aryl methyl sites for hydroxylation is 1. The van der Waals surface area contributed by atoms with Gasteiger partial charge >= 0.3 is 0 Å². The highest BCUT2D eigenvalue weighted by Crippen LogP contribution is 2.19. The highest BCUT2D eigenvalue weighted by atomic mass is 16.5. The maximum Gasteiger partial charge on any atom is 0.148 e. The number of nitriles is 1. The van der Waals surface area contributed by atoms with Crippen LogP contribution in [0.15, 0.2) is 42.6 Å². The summed E-state index contributed by atoms with van der Waals surface area (Å²) < 4.78 is 7.01. The smallest absolute Gasteiger partial charge is 0.148 e. The molecule has 0 radical (unpaired) electrons. The number of benzene rings is 1. The van der Waals surface area contributed by atoms with E-state index in [1.807, 2.05) is 53.9 Å². The van der Waals surface area contributed by atoms with Crippen LogP contribution in [-0.4, -0.2) is 16.5 Å². The Morgan fingerprint density at radius 2 is 2.00 bits per heavy atom. The third-order valence-electron chi connectivity index (χ3n) is 3.55. The lowest BCUT2D eigenvalue weighted by molar-refractivity contribution is 0.414. The fourth-order valence-electron chi connectivity index (χ4n) is 2.43. The number of aromatic nitrogens is 2. The minimum absolute atomic E-state index is 0.601. The van der Waals surface area contributed by atoms with Gasteiger partial charge in [0.15, 0.2) is 0 Å². The van der Waals surface area contributed by atoms with Crippen molar-refractivity contribution in [3.05, 3.63) is 65.1 Å². The third kappa shape index (κ3) is 2.34. The molecular formula is C17H15N3O. The number of hydrogen-bond donors (Lipinski definition) is 0. The van der Waals surface area contributed by atoms with Crippen LogP contribution < -0.4 is 4.74 Å². The van der Waals surface area contributed by atoms with Crippen molar-refractivity contribution in [1.82, 2.24) is 9.38 Å². The molecule has 0 spiro atoms. The SMILES string of the molecule is COc1ccc(Cc2nc3c(C)cccn3c2C#N)cc1. The summed E-state index contributed by atoms with van der Waals surface area (Å²) in [5.41, 5.74) is 4.42. The van der Waals surface area contributed by atoms with Gasteiger partial charge in [0.2, 0.25) is 0 Å². The Morgan fingerprint density at radius 3 is 2.67 bits per heavy atom. The molecule has 2 heterocycles. The summed E-state index contributed by atoms with van der Waals surface area (Å²) in [6, 6.07) is 14.0. The van der Waals surface area contributed by atoms with E-state index in [0.717, 1.165) is 28.2 Å². The van der Waals surface area contributed by atoms with Gasteiger partial charge < -0.3 is 4.74 Å². The van der Waals surface area contributed by atoms with Gasteiger partial charge in [0.1, 0.15) is 23.2 Å². The van der Waals surface area contributed by atoms with E-state index in [2.05, 4.69) is 11.1 Å². The molecule has 0 bridgehead atoms. The fourth-order valence-corrected chi connectivity index (χ4v) is 2.43. The molecule has 0 saturated heterocycles. The van der Waals surface area contributed by atoms with Gasteiger partial charge in [-0.3, -0.25) is 4.40 Å². The van der Waals surface area contributed by atoms with Crippen LogP contribution in [0.25, 0.3) is 5.65 Å². The maximum atomic E-state index is 9.43. The van der Waals surface area contributed by atoms with Crippen molar-refractivity contribution in [2.75, 3.05) is 7.11 Å². The summed E-state index contributed by atoms with van der Waals surface area (Å²) in [7, 11) is 1.65. The van der Waals surface area contributed by atoms with E-state index in [0.29, 0.717) is 12.1 Å². The molecule has 21 heavy (non-hydrogen) atoms. The first-order chi connectivity index (χ1) is 10.2.